The van der Waals surface area contributed by atoms with Crippen molar-refractivity contribution in [3.8, 4) is 5.75 Å². The fraction of sp³-hybridized carbons (Fsp3) is 0.0588. The molecular weight excluding hydrogens is 315 g/mol. The Morgan fingerprint density at radius 3 is 2.78 bits per heavy atom. The molecule has 4 nitrogen and oxygen atoms in total. The van der Waals surface area contributed by atoms with E-state index in [0.29, 0.717) is 5.13 Å². The van der Waals surface area contributed by atoms with Gasteiger partial charge in [0.15, 0.2) is 5.13 Å². The summed E-state index contributed by atoms with van der Waals surface area (Å²) >= 11 is 1.39. The molecule has 0 radical (unpaired) electrons. The summed E-state index contributed by atoms with van der Waals surface area (Å²) in [5.41, 5.74) is 1.52. The summed E-state index contributed by atoms with van der Waals surface area (Å²) in [4.78, 5) is 16.3. The summed E-state index contributed by atoms with van der Waals surface area (Å²) in [5, 5.41) is 3.23. The van der Waals surface area contributed by atoms with Gasteiger partial charge >= 0.3 is 0 Å². The first kappa shape index (κ1) is 15.2. The van der Waals surface area contributed by atoms with Gasteiger partial charge in [0.2, 0.25) is 5.91 Å². The second-order valence-electron chi connectivity index (χ2n) is 4.73. The normalized spacial score (nSPS) is 11.0. The Hall–Kier alpha value is -2.73. The maximum absolute atomic E-state index is 12.8. The average molecular weight is 328 g/mol. The molecule has 0 saturated carbocycles. The highest BCUT2D eigenvalue weighted by molar-refractivity contribution is 7.22. The lowest BCUT2D eigenvalue weighted by Crippen LogP contribution is -2.07. The first-order valence-electron chi connectivity index (χ1n) is 6.83. The number of benzene rings is 2. The molecule has 0 aliphatic rings. The number of ether oxygens (including phenoxy) is 1. The van der Waals surface area contributed by atoms with E-state index in [1.165, 1.54) is 29.5 Å². The molecule has 0 aliphatic heterocycles. The van der Waals surface area contributed by atoms with E-state index >= 15 is 0 Å². The lowest BCUT2D eigenvalue weighted by atomic mass is 10.2. The fourth-order valence-corrected chi connectivity index (χ4v) is 2.83. The first-order valence-corrected chi connectivity index (χ1v) is 7.65. The minimum Gasteiger partial charge on any atom is -0.497 e. The smallest absolute Gasteiger partial charge is 0.250 e. The van der Waals surface area contributed by atoms with Crippen LogP contribution in [0.3, 0.4) is 0 Å². The van der Waals surface area contributed by atoms with Gasteiger partial charge in [0.05, 0.1) is 17.3 Å². The molecule has 0 saturated heterocycles. The van der Waals surface area contributed by atoms with Gasteiger partial charge in [-0.3, -0.25) is 10.1 Å². The summed E-state index contributed by atoms with van der Waals surface area (Å²) in [6.45, 7) is 0. The average Bonchev–Trinajstić information content (AvgIpc) is 2.95. The molecule has 3 rings (SSSR count). The number of methoxy groups -OCH3 is 1. The van der Waals surface area contributed by atoms with Crippen molar-refractivity contribution in [2.24, 2.45) is 0 Å². The van der Waals surface area contributed by atoms with E-state index in [0.717, 1.165) is 21.5 Å². The van der Waals surface area contributed by atoms with Crippen LogP contribution < -0.4 is 10.1 Å². The second kappa shape index (κ2) is 6.58. The van der Waals surface area contributed by atoms with Crippen molar-refractivity contribution in [3.05, 3.63) is 59.9 Å². The molecular formula is C17H13FN2O2S. The van der Waals surface area contributed by atoms with Crippen LogP contribution in [0.15, 0.2) is 48.5 Å². The van der Waals surface area contributed by atoms with E-state index in [4.69, 9.17) is 4.74 Å². The molecule has 3 aromatic rings. The summed E-state index contributed by atoms with van der Waals surface area (Å²) < 4.78 is 18.9. The number of anilines is 1. The molecule has 0 bridgehead atoms. The lowest BCUT2D eigenvalue weighted by Gasteiger charge is -1.96. The van der Waals surface area contributed by atoms with Crippen LogP contribution >= 0.6 is 11.3 Å². The number of amides is 1. The number of nitrogens with one attached hydrogen (secondary N) is 1. The van der Waals surface area contributed by atoms with Crippen LogP contribution in [0, 0.1) is 5.82 Å². The minimum absolute atomic E-state index is 0.291. The second-order valence-corrected chi connectivity index (χ2v) is 5.76. The van der Waals surface area contributed by atoms with Crippen molar-refractivity contribution < 1.29 is 13.9 Å². The molecule has 0 unspecified atom stereocenters. The van der Waals surface area contributed by atoms with Gasteiger partial charge in [0, 0.05) is 12.1 Å². The maximum atomic E-state index is 12.8. The predicted molar refractivity (Wildman–Crippen MR) is 90.2 cm³/mol. The zero-order valence-corrected chi connectivity index (χ0v) is 13.1. The molecule has 1 amide bonds. The molecule has 1 aromatic heterocycles. The Morgan fingerprint density at radius 2 is 2.04 bits per heavy atom. The van der Waals surface area contributed by atoms with Gasteiger partial charge in [-0.15, -0.1) is 0 Å². The van der Waals surface area contributed by atoms with E-state index in [9.17, 15) is 9.18 Å². The van der Waals surface area contributed by atoms with Crippen LogP contribution in [0.1, 0.15) is 5.56 Å². The molecule has 116 valence electrons. The molecule has 0 spiro atoms. The van der Waals surface area contributed by atoms with Crippen molar-refractivity contribution in [2.45, 2.75) is 0 Å². The molecule has 0 aliphatic carbocycles. The SMILES string of the molecule is COc1ccc2sc(NC(=O)/C=C/c3ccc(F)cc3)nc2c1. The molecule has 23 heavy (non-hydrogen) atoms. The zero-order valence-electron chi connectivity index (χ0n) is 12.2. The summed E-state index contributed by atoms with van der Waals surface area (Å²) in [7, 11) is 1.59. The van der Waals surface area contributed by atoms with Crippen LogP contribution in [0.4, 0.5) is 9.52 Å². The number of rotatable bonds is 4. The van der Waals surface area contributed by atoms with Gasteiger partial charge in [-0.05, 0) is 35.9 Å². The zero-order chi connectivity index (χ0) is 16.2. The van der Waals surface area contributed by atoms with Gasteiger partial charge in [0.1, 0.15) is 11.6 Å². The highest BCUT2D eigenvalue weighted by atomic mass is 32.1. The predicted octanol–water partition coefficient (Wildman–Crippen LogP) is 4.10. The first-order chi connectivity index (χ1) is 11.1. The molecule has 6 heteroatoms. The van der Waals surface area contributed by atoms with E-state index in [-0.39, 0.29) is 11.7 Å². The molecule has 0 fully saturated rings. The Bertz CT molecular complexity index is 872. The Balaban J connectivity index is 1.71. The molecule has 2 aromatic carbocycles. The van der Waals surface area contributed by atoms with Crippen molar-refractivity contribution in [3.63, 3.8) is 0 Å². The van der Waals surface area contributed by atoms with Gasteiger partial charge in [0.25, 0.3) is 0 Å². The van der Waals surface area contributed by atoms with Crippen LogP contribution in [0.25, 0.3) is 16.3 Å². The third-order valence-electron chi connectivity index (χ3n) is 3.12. The minimum atomic E-state index is -0.309. The number of aromatic nitrogens is 1. The summed E-state index contributed by atoms with van der Waals surface area (Å²) in [6.07, 6.45) is 3.00. The largest absolute Gasteiger partial charge is 0.497 e. The number of thiazole rings is 1. The van der Waals surface area contributed by atoms with E-state index in [1.54, 1.807) is 25.3 Å². The summed E-state index contributed by atoms with van der Waals surface area (Å²) in [5.74, 6) is 0.119. The number of nitrogens with zero attached hydrogens (tertiary/aromatic N) is 1. The van der Waals surface area contributed by atoms with Gasteiger partial charge in [-0.25, -0.2) is 9.37 Å². The molecule has 1 N–H and O–H groups in total. The van der Waals surface area contributed by atoms with Crippen LogP contribution in [0.5, 0.6) is 5.75 Å². The van der Waals surface area contributed by atoms with Crippen LogP contribution in [-0.2, 0) is 4.79 Å². The fourth-order valence-electron chi connectivity index (χ4n) is 1.98. The van der Waals surface area contributed by atoms with Gasteiger partial charge < -0.3 is 4.74 Å². The number of halogens is 1. The van der Waals surface area contributed by atoms with Crippen molar-refractivity contribution in [1.82, 2.24) is 4.98 Å². The number of carbonyl (C=O) groups is 1. The van der Waals surface area contributed by atoms with E-state index in [1.807, 2.05) is 18.2 Å². The Labute approximate surface area is 136 Å². The van der Waals surface area contributed by atoms with Crippen molar-refractivity contribution >= 4 is 38.7 Å². The van der Waals surface area contributed by atoms with Crippen LogP contribution in [-0.4, -0.2) is 18.0 Å². The Kier molecular flexibility index (Phi) is 4.34. The van der Waals surface area contributed by atoms with E-state index in [2.05, 4.69) is 10.3 Å². The topological polar surface area (TPSA) is 51.2 Å². The van der Waals surface area contributed by atoms with Gasteiger partial charge in [-0.2, -0.15) is 0 Å². The maximum Gasteiger partial charge on any atom is 0.250 e. The van der Waals surface area contributed by atoms with Crippen molar-refractivity contribution in [2.75, 3.05) is 12.4 Å². The number of fused-ring (bicyclic) bond motifs is 1. The lowest BCUT2D eigenvalue weighted by molar-refractivity contribution is -0.111. The van der Waals surface area contributed by atoms with E-state index < -0.39 is 0 Å². The quantitative estimate of drug-likeness (QED) is 0.734. The summed E-state index contributed by atoms with van der Waals surface area (Å²) in [6, 6.07) is 11.5. The third-order valence-corrected chi connectivity index (χ3v) is 4.07. The monoisotopic (exact) mass is 328 g/mol. The number of carbonyl (C=O) groups excluding carboxylic acids is 1. The molecule has 0 atom stereocenters. The number of hydrogen-bond donors (Lipinski definition) is 1. The highest BCUT2D eigenvalue weighted by Crippen LogP contribution is 2.28. The third kappa shape index (κ3) is 3.73. The Morgan fingerprint density at radius 1 is 1.26 bits per heavy atom. The van der Waals surface area contributed by atoms with Gasteiger partial charge in [-0.1, -0.05) is 23.5 Å². The van der Waals surface area contributed by atoms with Crippen molar-refractivity contribution in [1.29, 1.82) is 0 Å². The molecule has 1 heterocycles. The standard InChI is InChI=1S/C17H13FN2O2S/c1-22-13-7-8-15-14(10-13)19-17(23-15)20-16(21)9-4-11-2-5-12(18)6-3-11/h2-10H,1H3,(H,19,20,21)/b9-4+. The number of hydrogen-bond acceptors (Lipinski definition) is 4. The highest BCUT2D eigenvalue weighted by Gasteiger charge is 2.06. The van der Waals surface area contributed by atoms with Crippen LogP contribution in [0.2, 0.25) is 0 Å².